The highest BCUT2D eigenvalue weighted by atomic mass is 35.5. The van der Waals surface area contributed by atoms with E-state index in [1.165, 1.54) is 43.2 Å². The Morgan fingerprint density at radius 3 is 2.14 bits per heavy atom. The van der Waals surface area contributed by atoms with Crippen molar-refractivity contribution in [1.29, 1.82) is 0 Å². The van der Waals surface area contributed by atoms with Gasteiger partial charge in [-0.2, -0.15) is 13.2 Å². The Morgan fingerprint density at radius 1 is 0.976 bits per heavy atom. The van der Waals surface area contributed by atoms with Gasteiger partial charge in [-0.05, 0) is 68.8 Å². The molecule has 0 bridgehead atoms. The minimum absolute atomic E-state index is 0.0941. The van der Waals surface area contributed by atoms with Gasteiger partial charge in [0.1, 0.15) is 18.3 Å². The average molecular weight is 626 g/mol. The number of carbonyl (C=O) groups excluding carboxylic acids is 2. The van der Waals surface area contributed by atoms with Gasteiger partial charge >= 0.3 is 6.18 Å². The predicted molar refractivity (Wildman–Crippen MR) is 154 cm³/mol. The number of halogens is 4. The summed E-state index contributed by atoms with van der Waals surface area (Å²) < 4.78 is 74.4. The molecule has 8 nitrogen and oxygen atoms in total. The molecule has 0 aromatic heterocycles. The van der Waals surface area contributed by atoms with Crippen LogP contribution >= 0.6 is 11.6 Å². The molecule has 0 aliphatic carbocycles. The Morgan fingerprint density at radius 2 is 1.60 bits per heavy atom. The first kappa shape index (κ1) is 32.7. The smallest absolute Gasteiger partial charge is 0.417 e. The highest BCUT2D eigenvalue weighted by Crippen LogP contribution is 2.38. The third kappa shape index (κ3) is 7.95. The topological polar surface area (TPSA) is 96.0 Å². The highest BCUT2D eigenvalue weighted by Gasteiger charge is 2.37. The zero-order valence-corrected chi connectivity index (χ0v) is 24.9. The van der Waals surface area contributed by atoms with Crippen LogP contribution in [0.15, 0.2) is 77.7 Å². The zero-order chi connectivity index (χ0) is 31.2. The van der Waals surface area contributed by atoms with Crippen molar-refractivity contribution in [1.82, 2.24) is 10.2 Å². The SMILES string of the molecule is COc1ccc(CN(C(=O)CN(c2ccc(Cl)c(C(F)(F)F)c2)S(=O)(=O)c2ccccc2)[C@H](C)C(=O)NC(C)C)cc1. The molecule has 0 saturated heterocycles. The first-order chi connectivity index (χ1) is 19.6. The molecule has 0 aliphatic heterocycles. The number of ether oxygens (including phenoxy) is 1. The molecule has 0 unspecified atom stereocenters. The van der Waals surface area contributed by atoms with Crippen LogP contribution in [0.5, 0.6) is 5.75 Å². The van der Waals surface area contributed by atoms with Crippen molar-refractivity contribution in [2.24, 2.45) is 0 Å². The van der Waals surface area contributed by atoms with Gasteiger partial charge in [-0.15, -0.1) is 0 Å². The predicted octanol–water partition coefficient (Wildman–Crippen LogP) is 5.50. The summed E-state index contributed by atoms with van der Waals surface area (Å²) in [5.41, 5.74) is -1.08. The van der Waals surface area contributed by atoms with E-state index in [9.17, 15) is 31.2 Å². The second-order valence-electron chi connectivity index (χ2n) is 9.70. The molecule has 42 heavy (non-hydrogen) atoms. The Balaban J connectivity index is 2.10. The van der Waals surface area contributed by atoms with Gasteiger partial charge in [0.05, 0.1) is 28.3 Å². The van der Waals surface area contributed by atoms with Gasteiger partial charge in [0.15, 0.2) is 0 Å². The fraction of sp³-hybridized carbons (Fsp3) is 0.310. The lowest BCUT2D eigenvalue weighted by atomic mass is 10.1. The van der Waals surface area contributed by atoms with E-state index < -0.39 is 56.9 Å². The minimum atomic E-state index is -4.89. The second-order valence-corrected chi connectivity index (χ2v) is 12.0. The summed E-state index contributed by atoms with van der Waals surface area (Å²) in [6.45, 7) is 3.98. The van der Waals surface area contributed by atoms with Gasteiger partial charge in [0, 0.05) is 12.6 Å². The number of methoxy groups -OCH3 is 1. The van der Waals surface area contributed by atoms with E-state index in [0.717, 1.165) is 12.1 Å². The van der Waals surface area contributed by atoms with Gasteiger partial charge in [-0.25, -0.2) is 8.42 Å². The van der Waals surface area contributed by atoms with Gasteiger partial charge in [0.25, 0.3) is 10.0 Å². The monoisotopic (exact) mass is 625 g/mol. The molecule has 0 heterocycles. The molecule has 0 fully saturated rings. The summed E-state index contributed by atoms with van der Waals surface area (Å²) in [5, 5.41) is 2.10. The minimum Gasteiger partial charge on any atom is -0.497 e. The van der Waals surface area contributed by atoms with Crippen molar-refractivity contribution >= 4 is 39.1 Å². The standard InChI is InChI=1S/C29H31ClF3N3O5S/c1-19(2)34-28(38)20(3)35(17-21-10-13-23(41-4)14-11-21)27(37)18-36(42(39,40)24-8-6-5-7-9-24)22-12-15-26(30)25(16-22)29(31,32)33/h5-16,19-20H,17-18H2,1-4H3,(H,34,38)/t20-/m1/s1. The van der Waals surface area contributed by atoms with Gasteiger partial charge < -0.3 is 15.0 Å². The van der Waals surface area contributed by atoms with Crippen LogP contribution in [-0.2, 0) is 32.3 Å². The first-order valence-corrected chi connectivity index (χ1v) is 14.6. The fourth-order valence-corrected chi connectivity index (χ4v) is 5.70. The quantitative estimate of drug-likeness (QED) is 0.303. The van der Waals surface area contributed by atoms with E-state index in [1.807, 2.05) is 0 Å². The molecule has 1 N–H and O–H groups in total. The van der Waals surface area contributed by atoms with Crippen molar-refractivity contribution < 1.29 is 35.9 Å². The van der Waals surface area contributed by atoms with Gasteiger partial charge in [-0.1, -0.05) is 41.9 Å². The maximum Gasteiger partial charge on any atom is 0.417 e. The molecule has 1 atom stereocenters. The number of hydrogen-bond donors (Lipinski definition) is 1. The van der Waals surface area contributed by atoms with E-state index in [4.69, 9.17) is 16.3 Å². The summed E-state index contributed by atoms with van der Waals surface area (Å²) in [5.74, 6) is -0.749. The fourth-order valence-electron chi connectivity index (χ4n) is 4.05. The van der Waals surface area contributed by atoms with E-state index in [1.54, 1.807) is 44.2 Å². The average Bonchev–Trinajstić information content (AvgIpc) is 2.94. The van der Waals surface area contributed by atoms with Crippen LogP contribution in [0.1, 0.15) is 31.9 Å². The third-order valence-corrected chi connectivity index (χ3v) is 8.38. The lowest BCUT2D eigenvalue weighted by Gasteiger charge is -2.32. The van der Waals surface area contributed by atoms with Gasteiger partial charge in [-0.3, -0.25) is 13.9 Å². The molecule has 0 aliphatic rings. The Kier molecular flexibility index (Phi) is 10.5. The van der Waals surface area contributed by atoms with Crippen molar-refractivity contribution in [3.05, 3.63) is 88.9 Å². The Labute approximate surface area is 248 Å². The molecule has 3 rings (SSSR count). The maximum atomic E-state index is 13.9. The Bertz CT molecular complexity index is 1500. The van der Waals surface area contributed by atoms with Gasteiger partial charge in [0.2, 0.25) is 11.8 Å². The molecule has 2 amide bonds. The molecule has 0 spiro atoms. The van der Waals surface area contributed by atoms with Crippen molar-refractivity contribution in [2.75, 3.05) is 18.0 Å². The number of nitrogens with zero attached hydrogens (tertiary/aromatic N) is 2. The molecule has 3 aromatic carbocycles. The third-order valence-electron chi connectivity index (χ3n) is 6.26. The number of anilines is 1. The molecule has 0 radical (unpaired) electrons. The number of alkyl halides is 3. The van der Waals surface area contributed by atoms with Crippen LogP contribution < -0.4 is 14.4 Å². The number of carbonyl (C=O) groups is 2. The van der Waals surface area contributed by atoms with E-state index in [0.29, 0.717) is 21.7 Å². The number of sulfonamides is 1. The van der Waals surface area contributed by atoms with Crippen LogP contribution in [0, 0.1) is 0 Å². The molecular weight excluding hydrogens is 595 g/mol. The number of benzene rings is 3. The summed E-state index contributed by atoms with van der Waals surface area (Å²) in [6.07, 6.45) is -4.89. The second kappa shape index (κ2) is 13.5. The first-order valence-electron chi connectivity index (χ1n) is 12.8. The van der Waals surface area contributed by atoms with Crippen molar-refractivity contribution in [3.63, 3.8) is 0 Å². The summed E-state index contributed by atoms with van der Waals surface area (Å²) in [6, 6.07) is 15.0. The summed E-state index contributed by atoms with van der Waals surface area (Å²) in [4.78, 5) is 27.8. The maximum absolute atomic E-state index is 13.9. The van der Waals surface area contributed by atoms with Crippen LogP contribution in [0.3, 0.4) is 0 Å². The van der Waals surface area contributed by atoms with E-state index in [2.05, 4.69) is 5.32 Å². The lowest BCUT2D eigenvalue weighted by molar-refractivity contribution is -0.139. The number of nitrogens with one attached hydrogen (secondary N) is 1. The highest BCUT2D eigenvalue weighted by molar-refractivity contribution is 7.92. The molecule has 3 aromatic rings. The normalized spacial score (nSPS) is 12.5. The molecule has 226 valence electrons. The number of amides is 2. The van der Waals surface area contributed by atoms with E-state index in [-0.39, 0.29) is 17.5 Å². The molecular formula is C29H31ClF3N3O5S. The number of rotatable bonds is 11. The largest absolute Gasteiger partial charge is 0.497 e. The summed E-state index contributed by atoms with van der Waals surface area (Å²) >= 11 is 5.79. The number of hydrogen-bond acceptors (Lipinski definition) is 5. The Hall–Kier alpha value is -3.77. The van der Waals surface area contributed by atoms with Crippen LogP contribution in [0.4, 0.5) is 18.9 Å². The zero-order valence-electron chi connectivity index (χ0n) is 23.4. The van der Waals surface area contributed by atoms with Crippen LogP contribution in [-0.4, -0.2) is 50.9 Å². The molecule has 13 heteroatoms. The van der Waals surface area contributed by atoms with Crippen LogP contribution in [0.2, 0.25) is 5.02 Å². The van der Waals surface area contributed by atoms with Crippen molar-refractivity contribution in [3.8, 4) is 5.75 Å². The molecule has 0 saturated carbocycles. The van der Waals surface area contributed by atoms with E-state index >= 15 is 0 Å². The lowest BCUT2D eigenvalue weighted by Crippen LogP contribution is -2.52. The van der Waals surface area contributed by atoms with Crippen LogP contribution in [0.25, 0.3) is 0 Å². The van der Waals surface area contributed by atoms with Crippen molar-refractivity contribution in [2.45, 2.75) is 50.5 Å². The summed E-state index contributed by atoms with van der Waals surface area (Å²) in [7, 11) is -3.05.